The molecule has 4 nitrogen and oxygen atoms in total. The van der Waals surface area contributed by atoms with Crippen molar-refractivity contribution in [1.82, 2.24) is 9.47 Å². The van der Waals surface area contributed by atoms with Crippen LogP contribution in [0.4, 0.5) is 9.18 Å². The molecule has 0 bridgehead atoms. The predicted molar refractivity (Wildman–Crippen MR) is 127 cm³/mol. The minimum absolute atomic E-state index is 0.165. The van der Waals surface area contributed by atoms with Crippen molar-refractivity contribution in [2.24, 2.45) is 5.92 Å². The number of thioether (sulfide) groups is 1. The molecule has 2 aromatic carbocycles. The minimum Gasteiger partial charge on any atom is -0.342 e. The van der Waals surface area contributed by atoms with Crippen LogP contribution in [-0.2, 0) is 11.3 Å². The molecular weight excluding hydrogens is 423 g/mol. The fourth-order valence-electron chi connectivity index (χ4n) is 4.73. The molecule has 1 saturated carbocycles. The number of amides is 2. The van der Waals surface area contributed by atoms with Crippen molar-refractivity contribution >= 4 is 39.9 Å². The Morgan fingerprint density at radius 3 is 2.53 bits per heavy atom. The summed E-state index contributed by atoms with van der Waals surface area (Å²) in [6, 6.07) is 14.5. The third-order valence-electron chi connectivity index (χ3n) is 6.41. The van der Waals surface area contributed by atoms with Gasteiger partial charge < -0.3 is 4.57 Å². The lowest BCUT2D eigenvalue weighted by atomic mass is 9.89. The summed E-state index contributed by atoms with van der Waals surface area (Å²) in [4.78, 5) is 27.5. The fraction of sp³-hybridized carbons (Fsp3) is 0.308. The summed E-state index contributed by atoms with van der Waals surface area (Å²) in [5.74, 6) is -0.00841. The number of nitrogens with zero attached hydrogens (tertiary/aromatic N) is 2. The molecule has 0 N–H and O–H groups in total. The van der Waals surface area contributed by atoms with Gasteiger partial charge in [-0.25, -0.2) is 4.39 Å². The molecule has 6 heteroatoms. The number of halogens is 1. The highest BCUT2D eigenvalue weighted by Gasteiger charge is 2.36. The highest BCUT2D eigenvalue weighted by atomic mass is 32.2. The molecule has 1 aromatic heterocycles. The van der Waals surface area contributed by atoms with E-state index in [1.165, 1.54) is 36.3 Å². The van der Waals surface area contributed by atoms with Crippen LogP contribution >= 0.6 is 11.8 Å². The van der Waals surface area contributed by atoms with Gasteiger partial charge in [-0.15, -0.1) is 0 Å². The van der Waals surface area contributed by atoms with Gasteiger partial charge in [0.15, 0.2) is 0 Å². The number of benzene rings is 2. The van der Waals surface area contributed by atoms with Crippen LogP contribution in [0, 0.1) is 11.7 Å². The summed E-state index contributed by atoms with van der Waals surface area (Å²) in [6.07, 6.45) is 9.66. The number of carbonyl (C=O) groups is 2. The highest BCUT2D eigenvalue weighted by Crippen LogP contribution is 2.36. The van der Waals surface area contributed by atoms with E-state index < -0.39 is 0 Å². The summed E-state index contributed by atoms with van der Waals surface area (Å²) < 4.78 is 15.4. The van der Waals surface area contributed by atoms with E-state index in [9.17, 15) is 14.0 Å². The van der Waals surface area contributed by atoms with E-state index in [-0.39, 0.29) is 17.0 Å². The molecule has 0 unspecified atom stereocenters. The minimum atomic E-state index is -0.254. The number of fused-ring (bicyclic) bond motifs is 1. The zero-order chi connectivity index (χ0) is 22.1. The van der Waals surface area contributed by atoms with E-state index in [0.29, 0.717) is 23.9 Å². The Bertz CT molecular complexity index is 1190. The molecule has 5 rings (SSSR count). The Morgan fingerprint density at radius 1 is 1.00 bits per heavy atom. The SMILES string of the molecule is O=C1S/C(=C/c2cn(Cc3ccc(F)cc3)c3ccccc23)C(=O)N1CC1CCCCC1. The van der Waals surface area contributed by atoms with Crippen LogP contribution in [-0.4, -0.2) is 27.2 Å². The molecule has 2 fully saturated rings. The quantitative estimate of drug-likeness (QED) is 0.422. The number of hydrogen-bond acceptors (Lipinski definition) is 3. The van der Waals surface area contributed by atoms with E-state index in [2.05, 4.69) is 4.57 Å². The van der Waals surface area contributed by atoms with Gasteiger partial charge >= 0.3 is 0 Å². The molecule has 0 atom stereocenters. The Morgan fingerprint density at radius 2 is 1.75 bits per heavy atom. The third-order valence-corrected chi connectivity index (χ3v) is 7.32. The average molecular weight is 449 g/mol. The first-order chi connectivity index (χ1) is 15.6. The Kier molecular flexibility index (Phi) is 5.87. The fourth-order valence-corrected chi connectivity index (χ4v) is 5.57. The van der Waals surface area contributed by atoms with Gasteiger partial charge in [-0.3, -0.25) is 14.5 Å². The molecule has 2 amide bonds. The van der Waals surface area contributed by atoms with Crippen molar-refractivity contribution in [1.29, 1.82) is 0 Å². The number of aromatic nitrogens is 1. The molecule has 164 valence electrons. The lowest BCUT2D eigenvalue weighted by Gasteiger charge is -2.25. The number of hydrogen-bond donors (Lipinski definition) is 0. The van der Waals surface area contributed by atoms with E-state index in [4.69, 9.17) is 0 Å². The second kappa shape index (κ2) is 8.94. The second-order valence-electron chi connectivity index (χ2n) is 8.65. The van der Waals surface area contributed by atoms with Crippen LogP contribution in [0.3, 0.4) is 0 Å². The van der Waals surface area contributed by atoms with Gasteiger partial charge in [0.1, 0.15) is 5.82 Å². The molecule has 3 aromatic rings. The van der Waals surface area contributed by atoms with E-state index in [1.54, 1.807) is 12.1 Å². The van der Waals surface area contributed by atoms with Crippen molar-refractivity contribution in [3.63, 3.8) is 0 Å². The zero-order valence-electron chi connectivity index (χ0n) is 17.8. The molecule has 0 spiro atoms. The number of imide groups is 1. The Hall–Kier alpha value is -2.86. The number of para-hydroxylation sites is 1. The Balaban J connectivity index is 1.42. The van der Waals surface area contributed by atoms with Crippen LogP contribution in [0.1, 0.15) is 43.2 Å². The van der Waals surface area contributed by atoms with Crippen LogP contribution < -0.4 is 0 Å². The summed E-state index contributed by atoms with van der Waals surface area (Å²) in [7, 11) is 0. The second-order valence-corrected chi connectivity index (χ2v) is 9.65. The summed E-state index contributed by atoms with van der Waals surface area (Å²) in [5.41, 5.74) is 2.93. The van der Waals surface area contributed by atoms with Crippen molar-refractivity contribution in [3.05, 3.63) is 76.6 Å². The normalized spacial score (nSPS) is 18.9. The lowest BCUT2D eigenvalue weighted by molar-refractivity contribution is -0.123. The largest absolute Gasteiger partial charge is 0.342 e. The van der Waals surface area contributed by atoms with Crippen LogP contribution in [0.15, 0.2) is 59.6 Å². The molecule has 2 aliphatic rings. The third kappa shape index (κ3) is 4.24. The summed E-state index contributed by atoms with van der Waals surface area (Å²) in [5, 5.41) is 0.857. The van der Waals surface area contributed by atoms with Gasteiger partial charge in [0.2, 0.25) is 0 Å². The average Bonchev–Trinajstić information content (AvgIpc) is 3.28. The van der Waals surface area contributed by atoms with Crippen molar-refractivity contribution in [2.75, 3.05) is 6.54 Å². The molecule has 1 saturated heterocycles. The van der Waals surface area contributed by atoms with Gasteiger partial charge in [0.05, 0.1) is 4.91 Å². The van der Waals surface area contributed by atoms with E-state index in [0.717, 1.165) is 46.6 Å². The first-order valence-electron chi connectivity index (χ1n) is 11.2. The highest BCUT2D eigenvalue weighted by molar-refractivity contribution is 8.18. The summed E-state index contributed by atoms with van der Waals surface area (Å²) in [6.45, 7) is 1.13. The predicted octanol–water partition coefficient (Wildman–Crippen LogP) is 6.45. The molecule has 2 heterocycles. The molecule has 1 aliphatic heterocycles. The monoisotopic (exact) mass is 448 g/mol. The molecule has 0 radical (unpaired) electrons. The van der Waals surface area contributed by atoms with Crippen LogP contribution in [0.2, 0.25) is 0 Å². The number of rotatable bonds is 5. The van der Waals surface area contributed by atoms with Crippen molar-refractivity contribution < 1.29 is 14.0 Å². The maximum atomic E-state index is 13.3. The van der Waals surface area contributed by atoms with Crippen molar-refractivity contribution in [2.45, 2.75) is 38.6 Å². The smallest absolute Gasteiger partial charge is 0.293 e. The zero-order valence-corrected chi connectivity index (χ0v) is 18.6. The molecule has 1 aliphatic carbocycles. The van der Waals surface area contributed by atoms with Gasteiger partial charge in [0, 0.05) is 35.8 Å². The van der Waals surface area contributed by atoms with Gasteiger partial charge in [-0.1, -0.05) is 49.6 Å². The Labute approximate surface area is 191 Å². The maximum Gasteiger partial charge on any atom is 0.293 e. The number of carbonyl (C=O) groups excluding carboxylic acids is 2. The molecular formula is C26H25FN2O2S. The molecule has 32 heavy (non-hydrogen) atoms. The van der Waals surface area contributed by atoms with E-state index >= 15 is 0 Å². The van der Waals surface area contributed by atoms with Gasteiger partial charge in [-0.2, -0.15) is 0 Å². The van der Waals surface area contributed by atoms with Gasteiger partial charge in [-0.05, 0) is 60.4 Å². The van der Waals surface area contributed by atoms with Crippen LogP contribution in [0.5, 0.6) is 0 Å². The van der Waals surface area contributed by atoms with E-state index in [1.807, 2.05) is 36.5 Å². The first kappa shape index (κ1) is 21.0. The van der Waals surface area contributed by atoms with Crippen LogP contribution in [0.25, 0.3) is 17.0 Å². The first-order valence-corrected chi connectivity index (χ1v) is 12.0. The maximum absolute atomic E-state index is 13.3. The summed E-state index contributed by atoms with van der Waals surface area (Å²) >= 11 is 1.04. The topological polar surface area (TPSA) is 42.3 Å². The van der Waals surface area contributed by atoms with Gasteiger partial charge in [0.25, 0.3) is 11.1 Å². The van der Waals surface area contributed by atoms with Crippen molar-refractivity contribution in [3.8, 4) is 0 Å². The standard InChI is InChI=1S/C26H25FN2O2S/c27-21-12-10-19(11-13-21)15-28-17-20(22-8-4-5-9-23(22)28)14-24-25(30)29(26(31)32-24)16-18-6-2-1-3-7-18/h4-5,8-14,17-18H,1-3,6-7,15-16H2/b24-14+. The lowest BCUT2D eigenvalue weighted by Crippen LogP contribution is -2.34.